The van der Waals surface area contributed by atoms with Crippen molar-refractivity contribution in [1.29, 1.82) is 0 Å². The molecule has 9 heteroatoms. The molecule has 7 nitrogen and oxygen atoms in total. The maximum atomic E-state index is 14.7. The molecule has 4 aromatic rings. The zero-order valence-corrected chi connectivity index (χ0v) is 15.7. The zero-order valence-electron chi connectivity index (χ0n) is 15.7. The first-order valence-corrected chi connectivity index (χ1v) is 9.02. The fourth-order valence-electron chi connectivity index (χ4n) is 3.76. The minimum atomic E-state index is -0.696. The molecule has 1 amide bonds. The molecule has 0 saturated carbocycles. The van der Waals surface area contributed by atoms with Crippen LogP contribution in [-0.4, -0.2) is 35.2 Å². The lowest BCUT2D eigenvalue weighted by Gasteiger charge is -2.17. The topological polar surface area (TPSA) is 68.3 Å². The Balaban J connectivity index is 1.48. The summed E-state index contributed by atoms with van der Waals surface area (Å²) in [5, 5.41) is 12.0. The quantitative estimate of drug-likeness (QED) is 0.536. The smallest absolute Gasteiger partial charge is 0.271 e. The van der Waals surface area contributed by atoms with Crippen molar-refractivity contribution in [3.8, 4) is 11.1 Å². The van der Waals surface area contributed by atoms with Crippen LogP contribution in [0.4, 0.5) is 8.78 Å². The van der Waals surface area contributed by atoms with Gasteiger partial charge in [0.05, 0.1) is 12.7 Å². The predicted molar refractivity (Wildman–Crippen MR) is 99.9 cm³/mol. The van der Waals surface area contributed by atoms with E-state index in [1.165, 1.54) is 17.0 Å². The molecule has 0 bridgehead atoms. The van der Waals surface area contributed by atoms with Crippen LogP contribution < -0.4 is 0 Å². The van der Waals surface area contributed by atoms with Crippen LogP contribution in [0.25, 0.3) is 16.8 Å². The SMILES string of the molecule is Cc1nnc2ccc3c(n12)C(=O)N(Cc1c(F)cc(-c2cnn(C)c2)cc1F)C3. The van der Waals surface area contributed by atoms with Gasteiger partial charge < -0.3 is 4.90 Å². The third-order valence-electron chi connectivity index (χ3n) is 5.19. The van der Waals surface area contributed by atoms with Crippen molar-refractivity contribution in [1.82, 2.24) is 29.3 Å². The number of benzene rings is 1. The first kappa shape index (κ1) is 17.5. The van der Waals surface area contributed by atoms with E-state index in [1.807, 2.05) is 0 Å². The number of hydrogen-bond acceptors (Lipinski definition) is 4. The number of halogens is 2. The number of carbonyl (C=O) groups excluding carboxylic acids is 1. The molecule has 0 fully saturated rings. The third kappa shape index (κ3) is 2.69. The van der Waals surface area contributed by atoms with E-state index >= 15 is 0 Å². The highest BCUT2D eigenvalue weighted by Crippen LogP contribution is 2.29. The van der Waals surface area contributed by atoms with Crippen LogP contribution in [0.15, 0.2) is 36.7 Å². The van der Waals surface area contributed by atoms with Gasteiger partial charge in [-0.15, -0.1) is 10.2 Å². The Morgan fingerprint density at radius 3 is 2.55 bits per heavy atom. The number of pyridine rings is 1. The molecule has 0 atom stereocenters. The van der Waals surface area contributed by atoms with Gasteiger partial charge in [-0.2, -0.15) is 5.10 Å². The number of nitrogens with zero attached hydrogens (tertiary/aromatic N) is 6. The molecule has 0 unspecified atom stereocenters. The summed E-state index contributed by atoms with van der Waals surface area (Å²) in [4.78, 5) is 14.4. The van der Waals surface area contributed by atoms with E-state index in [2.05, 4.69) is 15.3 Å². The first-order valence-electron chi connectivity index (χ1n) is 9.02. The van der Waals surface area contributed by atoms with E-state index in [0.717, 1.165) is 5.56 Å². The van der Waals surface area contributed by atoms with Gasteiger partial charge >= 0.3 is 0 Å². The predicted octanol–water partition coefficient (Wildman–Crippen LogP) is 2.87. The Hall–Kier alpha value is -3.62. The van der Waals surface area contributed by atoms with Crippen LogP contribution in [0.5, 0.6) is 0 Å². The minimum Gasteiger partial charge on any atom is -0.328 e. The molecule has 5 rings (SSSR count). The van der Waals surface area contributed by atoms with E-state index in [4.69, 9.17) is 0 Å². The highest BCUT2D eigenvalue weighted by atomic mass is 19.1. The molecular formula is C20H16F2N6O. The molecule has 0 N–H and O–H groups in total. The first-order chi connectivity index (χ1) is 13.9. The molecule has 0 spiro atoms. The van der Waals surface area contributed by atoms with Gasteiger partial charge in [-0.3, -0.25) is 13.9 Å². The second-order valence-corrected chi connectivity index (χ2v) is 7.13. The van der Waals surface area contributed by atoms with E-state index in [-0.39, 0.29) is 24.6 Å². The second kappa shape index (κ2) is 6.20. The second-order valence-electron chi connectivity index (χ2n) is 7.13. The molecular weight excluding hydrogens is 378 g/mol. The van der Waals surface area contributed by atoms with E-state index in [0.29, 0.717) is 28.3 Å². The molecule has 4 heterocycles. The van der Waals surface area contributed by atoms with Gasteiger partial charge in [-0.05, 0) is 30.7 Å². The average molecular weight is 394 g/mol. The summed E-state index contributed by atoms with van der Waals surface area (Å²) in [6.07, 6.45) is 3.22. The van der Waals surface area contributed by atoms with Crippen molar-refractivity contribution in [2.45, 2.75) is 20.0 Å². The number of aromatic nitrogens is 5. The minimum absolute atomic E-state index is 0.143. The van der Waals surface area contributed by atoms with Crippen LogP contribution in [0, 0.1) is 18.6 Å². The van der Waals surface area contributed by atoms with Crippen molar-refractivity contribution in [3.63, 3.8) is 0 Å². The zero-order chi connectivity index (χ0) is 20.3. The summed E-state index contributed by atoms with van der Waals surface area (Å²) in [6, 6.07) is 6.12. The van der Waals surface area contributed by atoms with E-state index < -0.39 is 11.6 Å². The van der Waals surface area contributed by atoms with Crippen LogP contribution in [0.2, 0.25) is 0 Å². The Morgan fingerprint density at radius 1 is 1.10 bits per heavy atom. The normalized spacial score (nSPS) is 13.5. The Labute approximate surface area is 164 Å². The number of fused-ring (bicyclic) bond motifs is 3. The van der Waals surface area contributed by atoms with Gasteiger partial charge in [0, 0.05) is 36.5 Å². The standard InChI is InChI=1S/C20H16F2N6O/c1-11-24-25-18-4-3-12-9-27(20(29)19(12)28(11)18)10-15-16(21)5-13(6-17(15)22)14-7-23-26(2)8-14/h3-8H,9-10H2,1-2H3. The summed E-state index contributed by atoms with van der Waals surface area (Å²) in [5.74, 6) is -1.11. The average Bonchev–Trinajstić information content (AvgIpc) is 3.36. The molecule has 0 aliphatic carbocycles. The van der Waals surface area contributed by atoms with Gasteiger partial charge in [0.15, 0.2) is 5.65 Å². The molecule has 29 heavy (non-hydrogen) atoms. The van der Waals surface area contributed by atoms with Gasteiger partial charge in [-0.25, -0.2) is 8.78 Å². The number of rotatable bonds is 3. The van der Waals surface area contributed by atoms with Crippen molar-refractivity contribution >= 4 is 11.6 Å². The third-order valence-corrected chi connectivity index (χ3v) is 5.19. The molecule has 1 aliphatic heterocycles. The Bertz CT molecular complexity index is 1270. The summed E-state index contributed by atoms with van der Waals surface area (Å²) in [6.45, 7) is 1.86. The Morgan fingerprint density at radius 2 is 1.86 bits per heavy atom. The lowest BCUT2D eigenvalue weighted by molar-refractivity contribution is 0.0758. The summed E-state index contributed by atoms with van der Waals surface area (Å²) in [5.41, 5.74) is 2.66. The summed E-state index contributed by atoms with van der Waals surface area (Å²) in [7, 11) is 1.73. The summed E-state index contributed by atoms with van der Waals surface area (Å²) < 4.78 is 32.7. The molecule has 1 aromatic carbocycles. The molecule has 0 saturated heterocycles. The molecule has 0 radical (unpaired) electrons. The number of aryl methyl sites for hydroxylation is 2. The van der Waals surface area contributed by atoms with Crippen LogP contribution in [0.1, 0.15) is 27.4 Å². The van der Waals surface area contributed by atoms with Crippen molar-refractivity contribution in [2.24, 2.45) is 7.05 Å². The lowest BCUT2D eigenvalue weighted by atomic mass is 10.1. The monoisotopic (exact) mass is 394 g/mol. The van der Waals surface area contributed by atoms with Gasteiger partial charge in [0.2, 0.25) is 0 Å². The number of carbonyl (C=O) groups is 1. The highest BCUT2D eigenvalue weighted by Gasteiger charge is 2.32. The largest absolute Gasteiger partial charge is 0.328 e. The fourth-order valence-corrected chi connectivity index (χ4v) is 3.76. The van der Waals surface area contributed by atoms with Crippen LogP contribution >= 0.6 is 0 Å². The van der Waals surface area contributed by atoms with Gasteiger partial charge in [0.1, 0.15) is 23.2 Å². The maximum Gasteiger partial charge on any atom is 0.271 e. The number of hydrogen-bond donors (Lipinski definition) is 0. The number of amides is 1. The van der Waals surface area contributed by atoms with E-state index in [9.17, 15) is 13.6 Å². The fraction of sp³-hybridized carbons (Fsp3) is 0.200. The lowest BCUT2D eigenvalue weighted by Crippen LogP contribution is -2.25. The van der Waals surface area contributed by atoms with Gasteiger partial charge in [0.25, 0.3) is 5.91 Å². The summed E-state index contributed by atoms with van der Waals surface area (Å²) >= 11 is 0. The van der Waals surface area contributed by atoms with Crippen molar-refractivity contribution < 1.29 is 13.6 Å². The molecule has 3 aromatic heterocycles. The highest BCUT2D eigenvalue weighted by molar-refractivity contribution is 5.97. The molecule has 146 valence electrons. The van der Waals surface area contributed by atoms with Crippen molar-refractivity contribution in [2.75, 3.05) is 0 Å². The van der Waals surface area contributed by atoms with Crippen LogP contribution in [0.3, 0.4) is 0 Å². The van der Waals surface area contributed by atoms with Crippen LogP contribution in [-0.2, 0) is 20.1 Å². The van der Waals surface area contributed by atoms with E-state index in [1.54, 1.807) is 47.6 Å². The van der Waals surface area contributed by atoms with Gasteiger partial charge in [-0.1, -0.05) is 6.07 Å². The van der Waals surface area contributed by atoms with Crippen molar-refractivity contribution in [3.05, 3.63) is 70.9 Å². The molecule has 1 aliphatic rings. The maximum absolute atomic E-state index is 14.7. The Kier molecular flexibility index (Phi) is 3.73.